The van der Waals surface area contributed by atoms with Gasteiger partial charge in [-0.2, -0.15) is 0 Å². The summed E-state index contributed by atoms with van der Waals surface area (Å²) in [4.78, 5) is 4.60. The molecule has 0 aliphatic rings. The zero-order valence-corrected chi connectivity index (χ0v) is 21.9. The fraction of sp³-hybridized carbons (Fsp3) is 0.250. The summed E-state index contributed by atoms with van der Waals surface area (Å²) in [5.41, 5.74) is 4.29. The van der Waals surface area contributed by atoms with E-state index in [-0.39, 0.29) is 6.04 Å². The lowest BCUT2D eigenvalue weighted by Gasteiger charge is -2.29. The molecule has 32 heavy (non-hydrogen) atoms. The van der Waals surface area contributed by atoms with Gasteiger partial charge in [0.15, 0.2) is 5.58 Å². The van der Waals surface area contributed by atoms with E-state index in [0.717, 1.165) is 37.0 Å². The Labute approximate surface area is 207 Å². The number of benzene rings is 2. The molecule has 2 atom stereocenters. The Kier molecular flexibility index (Phi) is 7.07. The minimum Gasteiger partial charge on any atom is -0.598 e. The van der Waals surface area contributed by atoms with Crippen molar-refractivity contribution in [3.8, 4) is 11.3 Å². The van der Waals surface area contributed by atoms with Crippen LogP contribution in [0.5, 0.6) is 0 Å². The summed E-state index contributed by atoms with van der Waals surface area (Å²) in [7, 11) is 0. The highest BCUT2D eigenvalue weighted by molar-refractivity contribution is 9.10. The molecule has 0 aliphatic heterocycles. The van der Waals surface area contributed by atoms with Crippen LogP contribution in [0.2, 0.25) is 0 Å². The van der Waals surface area contributed by atoms with Crippen molar-refractivity contribution in [2.75, 3.05) is 0 Å². The fourth-order valence-corrected chi connectivity index (χ4v) is 4.96. The van der Waals surface area contributed by atoms with Crippen LogP contribution in [0.15, 0.2) is 74.3 Å². The highest BCUT2D eigenvalue weighted by Crippen LogP contribution is 2.35. The van der Waals surface area contributed by atoms with Gasteiger partial charge in [0.05, 0.1) is 6.04 Å². The molecule has 4 aromatic rings. The number of rotatable bonds is 6. The quantitative estimate of drug-likeness (QED) is 0.203. The molecule has 0 amide bonds. The summed E-state index contributed by atoms with van der Waals surface area (Å²) in [6, 6.07) is 19.5. The second kappa shape index (κ2) is 9.65. The smallest absolute Gasteiger partial charge is 0.168 e. The minimum atomic E-state index is -1.27. The zero-order chi connectivity index (χ0) is 22.9. The second-order valence-electron chi connectivity index (χ2n) is 8.47. The van der Waals surface area contributed by atoms with E-state index < -0.39 is 16.1 Å². The van der Waals surface area contributed by atoms with Crippen molar-refractivity contribution < 1.29 is 9.08 Å². The molecule has 1 N–H and O–H groups in total. The van der Waals surface area contributed by atoms with Crippen molar-refractivity contribution in [1.29, 1.82) is 0 Å². The number of aromatic nitrogens is 2. The van der Waals surface area contributed by atoms with Crippen LogP contribution in [0.3, 0.4) is 0 Å². The van der Waals surface area contributed by atoms with Crippen LogP contribution in [0, 0.1) is 0 Å². The first kappa shape index (κ1) is 23.4. The van der Waals surface area contributed by atoms with E-state index >= 15 is 0 Å². The SMILES string of the molecule is CC(C)(C)[S@+]([O-])NC(Cc1cccc(Br)n1)c1ccccc1-c1noc2cc(Br)ccc12. The molecule has 4 rings (SSSR count). The predicted octanol–water partition coefficient (Wildman–Crippen LogP) is 6.75. The molecule has 8 heteroatoms. The first-order valence-corrected chi connectivity index (χ1v) is 12.9. The molecule has 2 aromatic carbocycles. The van der Waals surface area contributed by atoms with E-state index in [0.29, 0.717) is 12.0 Å². The Bertz CT molecular complexity index is 1240. The highest BCUT2D eigenvalue weighted by atomic mass is 79.9. The topological polar surface area (TPSA) is 74.0 Å². The van der Waals surface area contributed by atoms with Crippen molar-refractivity contribution in [3.63, 3.8) is 0 Å². The minimum absolute atomic E-state index is 0.241. The molecular weight excluding hydrogens is 554 g/mol. The number of nitrogens with one attached hydrogen (secondary N) is 1. The number of halogens is 2. The lowest BCUT2D eigenvalue weighted by molar-refractivity contribution is 0.459. The van der Waals surface area contributed by atoms with Gasteiger partial charge in [-0.1, -0.05) is 51.4 Å². The summed E-state index contributed by atoms with van der Waals surface area (Å²) >= 11 is 5.66. The Hall–Kier alpha value is -1.71. The lowest BCUT2D eigenvalue weighted by Crippen LogP contribution is -2.42. The van der Waals surface area contributed by atoms with E-state index in [1.807, 2.05) is 81.4 Å². The molecule has 0 aliphatic carbocycles. The van der Waals surface area contributed by atoms with E-state index in [1.165, 1.54) is 0 Å². The van der Waals surface area contributed by atoms with Gasteiger partial charge in [0.1, 0.15) is 15.0 Å². The average Bonchev–Trinajstić information content (AvgIpc) is 3.15. The van der Waals surface area contributed by atoms with Crippen LogP contribution in [0.1, 0.15) is 38.1 Å². The van der Waals surface area contributed by atoms with Gasteiger partial charge in [-0.3, -0.25) is 0 Å². The number of fused-ring (bicyclic) bond motifs is 1. The Morgan fingerprint density at radius 3 is 2.59 bits per heavy atom. The molecule has 5 nitrogen and oxygen atoms in total. The maximum absolute atomic E-state index is 13.1. The van der Waals surface area contributed by atoms with Crippen LogP contribution < -0.4 is 4.72 Å². The molecule has 166 valence electrons. The number of nitrogens with zero attached hydrogens (tertiary/aromatic N) is 2. The monoisotopic (exact) mass is 575 g/mol. The summed E-state index contributed by atoms with van der Waals surface area (Å²) in [5.74, 6) is 0. The maximum atomic E-state index is 13.1. The molecule has 0 fully saturated rings. The van der Waals surface area contributed by atoms with Gasteiger partial charge in [0, 0.05) is 38.9 Å². The Morgan fingerprint density at radius 2 is 1.84 bits per heavy atom. The van der Waals surface area contributed by atoms with Gasteiger partial charge in [0.2, 0.25) is 0 Å². The third-order valence-corrected chi connectivity index (χ3v) is 7.56. The average molecular weight is 577 g/mol. The molecule has 0 bridgehead atoms. The number of pyridine rings is 1. The standard InChI is InChI=1S/C24H23Br2N3O2S/c1-24(2,3)32(30)29-20(14-16-7-6-10-22(26)27-16)17-8-4-5-9-18(17)23-19-12-11-15(25)13-21(19)31-28-23/h4-13,20,29H,14H2,1-3H3/t20?,32-/m0/s1. The van der Waals surface area contributed by atoms with E-state index in [9.17, 15) is 4.55 Å². The van der Waals surface area contributed by atoms with E-state index in [1.54, 1.807) is 0 Å². The largest absolute Gasteiger partial charge is 0.598 e. The third kappa shape index (κ3) is 5.26. The Morgan fingerprint density at radius 1 is 1.06 bits per heavy atom. The molecule has 0 saturated carbocycles. The zero-order valence-electron chi connectivity index (χ0n) is 17.9. The molecule has 0 radical (unpaired) electrons. The third-order valence-electron chi connectivity index (χ3n) is 5.02. The molecule has 2 heterocycles. The normalized spacial score (nSPS) is 13.9. The van der Waals surface area contributed by atoms with E-state index in [2.05, 4.69) is 46.7 Å². The number of hydrogen-bond donors (Lipinski definition) is 1. The first-order valence-electron chi connectivity index (χ1n) is 10.2. The van der Waals surface area contributed by atoms with Gasteiger partial charge in [0.25, 0.3) is 0 Å². The molecule has 0 saturated heterocycles. The molecule has 0 spiro atoms. The van der Waals surface area contributed by atoms with Crippen molar-refractivity contribution in [2.45, 2.75) is 38.0 Å². The Balaban J connectivity index is 1.80. The predicted molar refractivity (Wildman–Crippen MR) is 137 cm³/mol. The molecule has 1 unspecified atom stereocenters. The van der Waals surface area contributed by atoms with Crippen molar-refractivity contribution in [3.05, 3.63) is 81.0 Å². The molecular formula is C24H23Br2N3O2S. The van der Waals surface area contributed by atoms with Gasteiger partial charge in [-0.15, -0.1) is 4.72 Å². The van der Waals surface area contributed by atoms with Crippen LogP contribution in [-0.2, 0) is 17.8 Å². The van der Waals surface area contributed by atoms with Crippen LogP contribution in [0.25, 0.3) is 22.2 Å². The van der Waals surface area contributed by atoms with Crippen LogP contribution in [-0.4, -0.2) is 19.4 Å². The van der Waals surface area contributed by atoms with Gasteiger partial charge >= 0.3 is 0 Å². The summed E-state index contributed by atoms with van der Waals surface area (Å²) < 4.78 is 23.3. The summed E-state index contributed by atoms with van der Waals surface area (Å²) in [6.07, 6.45) is 0.569. The van der Waals surface area contributed by atoms with Crippen molar-refractivity contribution >= 4 is 54.2 Å². The summed E-state index contributed by atoms with van der Waals surface area (Å²) in [6.45, 7) is 5.87. The lowest BCUT2D eigenvalue weighted by atomic mass is 9.94. The summed E-state index contributed by atoms with van der Waals surface area (Å²) in [5, 5.41) is 5.30. The highest BCUT2D eigenvalue weighted by Gasteiger charge is 2.31. The molecule has 2 aromatic heterocycles. The van der Waals surface area contributed by atoms with Gasteiger partial charge in [-0.25, -0.2) is 4.98 Å². The van der Waals surface area contributed by atoms with E-state index in [4.69, 9.17) is 4.52 Å². The maximum Gasteiger partial charge on any atom is 0.168 e. The van der Waals surface area contributed by atoms with Gasteiger partial charge < -0.3 is 9.08 Å². The second-order valence-corrected chi connectivity index (χ2v) is 12.2. The number of hydrogen-bond acceptors (Lipinski definition) is 5. The van der Waals surface area contributed by atoms with Crippen molar-refractivity contribution in [1.82, 2.24) is 14.9 Å². The van der Waals surface area contributed by atoms with Crippen molar-refractivity contribution in [2.24, 2.45) is 0 Å². The first-order chi connectivity index (χ1) is 15.2. The fourth-order valence-electron chi connectivity index (χ4n) is 3.42. The van der Waals surface area contributed by atoms with Crippen LogP contribution in [0.4, 0.5) is 0 Å². The van der Waals surface area contributed by atoms with Crippen LogP contribution >= 0.6 is 31.9 Å². The van der Waals surface area contributed by atoms with Gasteiger partial charge in [-0.05, 0) is 72.6 Å².